The Balaban J connectivity index is 1.69. The van der Waals surface area contributed by atoms with Gasteiger partial charge in [-0.15, -0.1) is 0 Å². The van der Waals surface area contributed by atoms with Crippen molar-refractivity contribution in [3.8, 4) is 0 Å². The smallest absolute Gasteiger partial charge is 0.167 e. The summed E-state index contributed by atoms with van der Waals surface area (Å²) in [7, 11) is 0. The average Bonchev–Trinajstić information content (AvgIpc) is 2.91. The Bertz CT molecular complexity index is 703. The van der Waals surface area contributed by atoms with Crippen LogP contribution in [-0.2, 0) is 18.7 Å². The summed E-state index contributed by atoms with van der Waals surface area (Å²) in [5.74, 6) is -0.264. The Labute approximate surface area is 153 Å². The highest BCUT2D eigenvalue weighted by molar-refractivity contribution is 7.98. The first kappa shape index (κ1) is 18.4. The van der Waals surface area contributed by atoms with Gasteiger partial charge < -0.3 is 9.67 Å². The summed E-state index contributed by atoms with van der Waals surface area (Å²) in [5.41, 5.74) is 1.18. The summed E-state index contributed by atoms with van der Waals surface area (Å²) in [4.78, 5) is 6.88. The molecule has 0 unspecified atom stereocenters. The van der Waals surface area contributed by atoms with Crippen molar-refractivity contribution >= 4 is 11.8 Å². The van der Waals surface area contributed by atoms with Gasteiger partial charge in [-0.25, -0.2) is 9.37 Å². The van der Waals surface area contributed by atoms with Gasteiger partial charge >= 0.3 is 0 Å². The van der Waals surface area contributed by atoms with Gasteiger partial charge in [0.15, 0.2) is 5.16 Å². The summed E-state index contributed by atoms with van der Waals surface area (Å²) in [6.07, 6.45) is 6.30. The molecule has 0 aliphatic carbocycles. The molecular weight excluding hydrogens is 337 g/mol. The van der Waals surface area contributed by atoms with Gasteiger partial charge in [0.2, 0.25) is 0 Å². The highest BCUT2D eigenvalue weighted by Crippen LogP contribution is 2.33. The summed E-state index contributed by atoms with van der Waals surface area (Å²) in [6, 6.07) is 6.28. The maximum absolute atomic E-state index is 13.2. The Morgan fingerprint density at radius 1 is 1.24 bits per heavy atom. The lowest BCUT2D eigenvalue weighted by atomic mass is 9.87. The minimum atomic E-state index is -0.863. The molecule has 25 heavy (non-hydrogen) atoms. The minimum absolute atomic E-state index is 0.264. The van der Waals surface area contributed by atoms with Crippen molar-refractivity contribution in [2.24, 2.45) is 0 Å². The van der Waals surface area contributed by atoms with E-state index in [1.165, 1.54) is 17.8 Å². The summed E-state index contributed by atoms with van der Waals surface area (Å²) >= 11 is 1.67. The molecule has 2 heterocycles. The fraction of sp³-hybridized carbons (Fsp3) is 0.526. The van der Waals surface area contributed by atoms with Crippen LogP contribution in [0, 0.1) is 5.82 Å². The zero-order valence-corrected chi connectivity index (χ0v) is 15.7. The summed E-state index contributed by atoms with van der Waals surface area (Å²) < 4.78 is 15.4. The van der Waals surface area contributed by atoms with E-state index in [9.17, 15) is 9.50 Å². The first-order chi connectivity index (χ1) is 12.1. The standard InChI is InChI=1S/C19H26FN3OS/c1-3-23-17(13-21-18(23)25-2)14-22-11-4-9-19(24,10-12-22)15-5-7-16(20)8-6-15/h5-8,13,24H,3-4,9-12,14H2,1-2H3/t19-/m0/s1. The SMILES string of the molecule is CCn1c(CN2CCC[C@@](O)(c3ccc(F)cc3)CC2)cnc1SC. The summed E-state index contributed by atoms with van der Waals surface area (Å²) in [5, 5.41) is 12.1. The number of imidazole rings is 1. The second-order valence-corrected chi connectivity index (χ2v) is 7.42. The van der Waals surface area contributed by atoms with Crippen LogP contribution in [0.1, 0.15) is 37.4 Å². The molecule has 0 amide bonds. The molecule has 1 aromatic heterocycles. The molecule has 136 valence electrons. The molecule has 1 aliphatic rings. The van der Waals surface area contributed by atoms with E-state index in [0.717, 1.165) is 43.3 Å². The van der Waals surface area contributed by atoms with Crippen molar-refractivity contribution in [2.75, 3.05) is 19.3 Å². The number of halogens is 1. The first-order valence-electron chi connectivity index (χ1n) is 8.85. The van der Waals surface area contributed by atoms with Crippen LogP contribution in [0.15, 0.2) is 35.6 Å². The Kier molecular flexibility index (Phi) is 5.81. The minimum Gasteiger partial charge on any atom is -0.385 e. The molecule has 1 saturated heterocycles. The third-order valence-electron chi connectivity index (χ3n) is 5.07. The lowest BCUT2D eigenvalue weighted by Gasteiger charge is -2.27. The molecule has 1 N–H and O–H groups in total. The lowest BCUT2D eigenvalue weighted by Crippen LogP contribution is -2.29. The molecule has 1 aromatic carbocycles. The highest BCUT2D eigenvalue weighted by Gasteiger charge is 2.32. The second kappa shape index (κ2) is 7.89. The van der Waals surface area contributed by atoms with Crippen molar-refractivity contribution < 1.29 is 9.50 Å². The van der Waals surface area contributed by atoms with Crippen LogP contribution in [0.25, 0.3) is 0 Å². The van der Waals surface area contributed by atoms with Crippen LogP contribution in [-0.4, -0.2) is 38.9 Å². The number of nitrogens with zero attached hydrogens (tertiary/aromatic N) is 3. The number of aliphatic hydroxyl groups is 1. The van der Waals surface area contributed by atoms with Crippen LogP contribution in [0.5, 0.6) is 0 Å². The van der Waals surface area contributed by atoms with Gasteiger partial charge in [-0.05, 0) is 56.7 Å². The van der Waals surface area contributed by atoms with Gasteiger partial charge in [-0.1, -0.05) is 23.9 Å². The molecule has 1 aliphatic heterocycles. The number of hydrogen-bond acceptors (Lipinski definition) is 4. The fourth-order valence-electron chi connectivity index (χ4n) is 3.63. The number of hydrogen-bond donors (Lipinski definition) is 1. The van der Waals surface area contributed by atoms with E-state index in [1.54, 1.807) is 23.9 Å². The molecule has 1 atom stereocenters. The number of benzene rings is 1. The monoisotopic (exact) mass is 363 g/mol. The summed E-state index contributed by atoms with van der Waals surface area (Å²) in [6.45, 7) is 5.67. The third kappa shape index (κ3) is 4.07. The van der Waals surface area contributed by atoms with Gasteiger partial charge in [0.25, 0.3) is 0 Å². The lowest BCUT2D eigenvalue weighted by molar-refractivity contribution is 0.0209. The highest BCUT2D eigenvalue weighted by atomic mass is 32.2. The zero-order chi connectivity index (χ0) is 17.9. The first-order valence-corrected chi connectivity index (χ1v) is 10.1. The van der Waals surface area contributed by atoms with Crippen LogP contribution in [0.4, 0.5) is 4.39 Å². The molecule has 3 rings (SSSR count). The van der Waals surface area contributed by atoms with Gasteiger partial charge in [-0.3, -0.25) is 4.90 Å². The molecule has 6 heteroatoms. The van der Waals surface area contributed by atoms with E-state index in [2.05, 4.69) is 21.4 Å². The quantitative estimate of drug-likeness (QED) is 0.824. The van der Waals surface area contributed by atoms with Gasteiger partial charge in [-0.2, -0.15) is 0 Å². The van der Waals surface area contributed by atoms with E-state index in [-0.39, 0.29) is 5.82 Å². The van der Waals surface area contributed by atoms with Crippen LogP contribution >= 0.6 is 11.8 Å². The predicted octanol–water partition coefficient (Wildman–Crippen LogP) is 3.64. The van der Waals surface area contributed by atoms with Crippen LogP contribution < -0.4 is 0 Å². The molecule has 4 nitrogen and oxygen atoms in total. The number of thioether (sulfide) groups is 1. The molecule has 0 spiro atoms. The van der Waals surface area contributed by atoms with Gasteiger partial charge in [0.05, 0.1) is 17.5 Å². The Morgan fingerprint density at radius 2 is 2.00 bits per heavy atom. The van der Waals surface area contributed by atoms with Crippen molar-refractivity contribution in [3.05, 3.63) is 47.5 Å². The van der Waals surface area contributed by atoms with Crippen LogP contribution in [0.3, 0.4) is 0 Å². The van der Waals surface area contributed by atoms with E-state index in [4.69, 9.17) is 0 Å². The Hall–Kier alpha value is -1.37. The molecule has 0 radical (unpaired) electrons. The van der Waals surface area contributed by atoms with Gasteiger partial charge in [0.1, 0.15) is 5.82 Å². The number of aromatic nitrogens is 2. The van der Waals surface area contributed by atoms with E-state index < -0.39 is 5.60 Å². The van der Waals surface area contributed by atoms with E-state index in [1.807, 2.05) is 12.5 Å². The van der Waals surface area contributed by atoms with Crippen molar-refractivity contribution in [1.82, 2.24) is 14.5 Å². The predicted molar refractivity (Wildman–Crippen MR) is 99.1 cm³/mol. The maximum atomic E-state index is 13.2. The number of likely N-dealkylation sites (tertiary alicyclic amines) is 1. The van der Waals surface area contributed by atoms with E-state index in [0.29, 0.717) is 12.8 Å². The molecule has 0 bridgehead atoms. The number of rotatable bonds is 5. The molecule has 2 aromatic rings. The second-order valence-electron chi connectivity index (χ2n) is 6.65. The van der Waals surface area contributed by atoms with Crippen molar-refractivity contribution in [2.45, 2.75) is 50.0 Å². The largest absolute Gasteiger partial charge is 0.385 e. The molecule has 0 saturated carbocycles. The normalized spacial score (nSPS) is 22.1. The van der Waals surface area contributed by atoms with Crippen molar-refractivity contribution in [3.63, 3.8) is 0 Å². The van der Waals surface area contributed by atoms with Crippen molar-refractivity contribution in [1.29, 1.82) is 0 Å². The van der Waals surface area contributed by atoms with Gasteiger partial charge in [0, 0.05) is 19.6 Å². The van der Waals surface area contributed by atoms with Crippen LogP contribution in [0.2, 0.25) is 0 Å². The third-order valence-corrected chi connectivity index (χ3v) is 5.76. The zero-order valence-electron chi connectivity index (χ0n) is 14.9. The average molecular weight is 364 g/mol. The maximum Gasteiger partial charge on any atom is 0.167 e. The molecule has 1 fully saturated rings. The van der Waals surface area contributed by atoms with E-state index >= 15 is 0 Å². The Morgan fingerprint density at radius 3 is 2.68 bits per heavy atom. The molecular formula is C19H26FN3OS. The topological polar surface area (TPSA) is 41.3 Å². The fourth-order valence-corrected chi connectivity index (χ4v) is 4.26.